The number of hydrogen-bond acceptors (Lipinski definition) is 3. The van der Waals surface area contributed by atoms with Crippen LogP contribution in [0.1, 0.15) is 6.92 Å². The van der Waals surface area contributed by atoms with Gasteiger partial charge in [0.25, 0.3) is 0 Å². The van der Waals surface area contributed by atoms with Gasteiger partial charge in [0.2, 0.25) is 6.79 Å². The van der Waals surface area contributed by atoms with Crippen LogP contribution in [0.25, 0.3) is 0 Å². The van der Waals surface area contributed by atoms with Crippen molar-refractivity contribution in [3.63, 3.8) is 0 Å². The third kappa shape index (κ3) is 3.31. The molecule has 3 nitrogen and oxygen atoms in total. The van der Waals surface area contributed by atoms with Crippen LogP contribution in [-0.4, -0.2) is 12.8 Å². The molecular weight excluding hydrogens is 180 g/mol. The second kappa shape index (κ2) is 5.07. The smallest absolute Gasteiger partial charge is 0.335 e. The van der Waals surface area contributed by atoms with Crippen LogP contribution in [-0.2, 0) is 9.53 Å². The van der Waals surface area contributed by atoms with E-state index in [0.717, 1.165) is 0 Å². The summed E-state index contributed by atoms with van der Waals surface area (Å²) in [5.41, 5.74) is 0.363. The highest BCUT2D eigenvalue weighted by Crippen LogP contribution is 2.08. The Balaban J connectivity index is 2.29. The van der Waals surface area contributed by atoms with Crippen molar-refractivity contribution >= 4 is 5.97 Å². The van der Waals surface area contributed by atoms with Crippen molar-refractivity contribution in [1.82, 2.24) is 0 Å². The van der Waals surface area contributed by atoms with Gasteiger partial charge in [0.05, 0.1) is 0 Å². The Hall–Kier alpha value is -1.77. The normalized spacial score (nSPS) is 9.21. The second-order valence-electron chi connectivity index (χ2n) is 2.79. The van der Waals surface area contributed by atoms with Gasteiger partial charge in [-0.2, -0.15) is 0 Å². The van der Waals surface area contributed by atoms with Gasteiger partial charge in [0.1, 0.15) is 5.75 Å². The molecule has 74 valence electrons. The Morgan fingerprint density at radius 1 is 1.36 bits per heavy atom. The molecule has 1 aromatic carbocycles. The number of benzene rings is 1. The van der Waals surface area contributed by atoms with Gasteiger partial charge in [0, 0.05) is 5.57 Å². The van der Waals surface area contributed by atoms with Crippen molar-refractivity contribution in [2.75, 3.05) is 6.79 Å². The van der Waals surface area contributed by atoms with Crippen LogP contribution >= 0.6 is 0 Å². The van der Waals surface area contributed by atoms with E-state index in [-0.39, 0.29) is 6.79 Å². The van der Waals surface area contributed by atoms with Crippen LogP contribution in [0.15, 0.2) is 42.5 Å². The Bertz CT molecular complexity index is 317. The minimum atomic E-state index is -0.444. The van der Waals surface area contributed by atoms with E-state index in [1.54, 1.807) is 19.1 Å². The first-order valence-corrected chi connectivity index (χ1v) is 4.20. The quantitative estimate of drug-likeness (QED) is 0.416. The average Bonchev–Trinajstić information content (AvgIpc) is 2.19. The first-order chi connectivity index (χ1) is 6.70. The molecule has 0 heterocycles. The van der Waals surface area contributed by atoms with E-state index >= 15 is 0 Å². The molecule has 0 aromatic heterocycles. The van der Waals surface area contributed by atoms with E-state index < -0.39 is 5.97 Å². The molecule has 0 aliphatic rings. The molecule has 0 amide bonds. The first kappa shape index (κ1) is 10.3. The van der Waals surface area contributed by atoms with Gasteiger partial charge in [0.15, 0.2) is 0 Å². The minimum absolute atomic E-state index is 0.0876. The summed E-state index contributed by atoms with van der Waals surface area (Å²) in [6.45, 7) is 4.95. The van der Waals surface area contributed by atoms with Crippen molar-refractivity contribution in [3.05, 3.63) is 42.5 Å². The van der Waals surface area contributed by atoms with Crippen LogP contribution in [0.4, 0.5) is 0 Å². The third-order valence-corrected chi connectivity index (χ3v) is 1.51. The molecule has 0 aliphatic heterocycles. The highest BCUT2D eigenvalue weighted by atomic mass is 16.7. The molecule has 0 radical (unpaired) electrons. The standard InChI is InChI=1S/C11H12O3/c1-9(2)11(12)14-8-13-10-6-4-3-5-7-10/h3-7H,1,8H2,2H3. The molecule has 0 fully saturated rings. The van der Waals surface area contributed by atoms with E-state index in [9.17, 15) is 4.79 Å². The number of esters is 1. The molecule has 0 atom stereocenters. The zero-order chi connectivity index (χ0) is 10.4. The lowest BCUT2D eigenvalue weighted by molar-refractivity contribution is -0.145. The highest BCUT2D eigenvalue weighted by Gasteiger charge is 2.02. The monoisotopic (exact) mass is 192 g/mol. The van der Waals surface area contributed by atoms with Gasteiger partial charge in [-0.15, -0.1) is 0 Å². The summed E-state index contributed by atoms with van der Waals surface area (Å²) in [5, 5.41) is 0. The molecule has 1 rings (SSSR count). The Kier molecular flexibility index (Phi) is 3.73. The Labute approximate surface area is 83.0 Å². The summed E-state index contributed by atoms with van der Waals surface area (Å²) in [6.07, 6.45) is 0. The van der Waals surface area contributed by atoms with E-state index in [0.29, 0.717) is 11.3 Å². The predicted molar refractivity (Wildman–Crippen MR) is 52.8 cm³/mol. The van der Waals surface area contributed by atoms with E-state index in [1.165, 1.54) is 0 Å². The largest absolute Gasteiger partial charge is 0.457 e. The summed E-state index contributed by atoms with van der Waals surface area (Å²) in [5.74, 6) is 0.225. The summed E-state index contributed by atoms with van der Waals surface area (Å²) in [4.78, 5) is 10.9. The van der Waals surface area contributed by atoms with Gasteiger partial charge in [-0.1, -0.05) is 24.8 Å². The summed E-state index contributed by atoms with van der Waals surface area (Å²) < 4.78 is 9.89. The average molecular weight is 192 g/mol. The number of hydrogen-bond donors (Lipinski definition) is 0. The van der Waals surface area contributed by atoms with Crippen LogP contribution in [0.2, 0.25) is 0 Å². The maximum Gasteiger partial charge on any atom is 0.335 e. The van der Waals surface area contributed by atoms with Crippen LogP contribution in [0.3, 0.4) is 0 Å². The highest BCUT2D eigenvalue weighted by molar-refractivity contribution is 5.86. The van der Waals surface area contributed by atoms with Crippen LogP contribution < -0.4 is 4.74 Å². The molecule has 0 saturated heterocycles. The zero-order valence-corrected chi connectivity index (χ0v) is 8.03. The van der Waals surface area contributed by atoms with E-state index in [4.69, 9.17) is 9.47 Å². The van der Waals surface area contributed by atoms with Gasteiger partial charge < -0.3 is 9.47 Å². The number of para-hydroxylation sites is 1. The molecule has 0 unspecified atom stereocenters. The zero-order valence-electron chi connectivity index (χ0n) is 8.03. The van der Waals surface area contributed by atoms with Crippen molar-refractivity contribution in [3.8, 4) is 5.75 Å². The van der Waals surface area contributed by atoms with Crippen molar-refractivity contribution in [2.24, 2.45) is 0 Å². The topological polar surface area (TPSA) is 35.5 Å². The summed E-state index contributed by atoms with van der Waals surface area (Å²) >= 11 is 0. The van der Waals surface area contributed by atoms with Gasteiger partial charge in [-0.25, -0.2) is 4.79 Å². The van der Waals surface area contributed by atoms with Gasteiger partial charge in [-0.05, 0) is 19.1 Å². The maximum atomic E-state index is 10.9. The molecule has 14 heavy (non-hydrogen) atoms. The van der Waals surface area contributed by atoms with E-state index in [1.807, 2.05) is 18.2 Å². The molecular formula is C11H12O3. The second-order valence-corrected chi connectivity index (χ2v) is 2.79. The predicted octanol–water partition coefficient (Wildman–Crippen LogP) is 2.14. The van der Waals surface area contributed by atoms with Crippen LogP contribution in [0.5, 0.6) is 5.75 Å². The number of carbonyl (C=O) groups is 1. The fourth-order valence-electron chi connectivity index (χ4n) is 0.791. The summed E-state index contributed by atoms with van der Waals surface area (Å²) in [7, 11) is 0. The molecule has 0 bridgehead atoms. The summed E-state index contributed by atoms with van der Waals surface area (Å²) in [6, 6.07) is 9.14. The molecule has 0 aliphatic carbocycles. The van der Waals surface area contributed by atoms with Crippen molar-refractivity contribution < 1.29 is 14.3 Å². The fraction of sp³-hybridized carbons (Fsp3) is 0.182. The maximum absolute atomic E-state index is 10.9. The first-order valence-electron chi connectivity index (χ1n) is 4.20. The SMILES string of the molecule is C=C(C)C(=O)OCOc1ccccc1. The number of carbonyl (C=O) groups excluding carboxylic acids is 1. The third-order valence-electron chi connectivity index (χ3n) is 1.51. The van der Waals surface area contributed by atoms with E-state index in [2.05, 4.69) is 6.58 Å². The van der Waals surface area contributed by atoms with Crippen LogP contribution in [0, 0.1) is 0 Å². The lowest BCUT2D eigenvalue weighted by Crippen LogP contribution is -2.10. The Morgan fingerprint density at radius 2 is 2.00 bits per heavy atom. The molecule has 1 aromatic rings. The van der Waals surface area contributed by atoms with Crippen molar-refractivity contribution in [2.45, 2.75) is 6.92 Å². The van der Waals surface area contributed by atoms with Crippen molar-refractivity contribution in [1.29, 1.82) is 0 Å². The molecule has 0 saturated carbocycles. The lowest BCUT2D eigenvalue weighted by Gasteiger charge is -2.06. The number of rotatable bonds is 4. The van der Waals surface area contributed by atoms with Gasteiger partial charge >= 0.3 is 5.97 Å². The fourth-order valence-corrected chi connectivity index (χ4v) is 0.791. The molecule has 0 N–H and O–H groups in total. The van der Waals surface area contributed by atoms with Gasteiger partial charge in [-0.3, -0.25) is 0 Å². The lowest BCUT2D eigenvalue weighted by atomic mass is 10.3. The number of ether oxygens (including phenoxy) is 2. The Morgan fingerprint density at radius 3 is 2.57 bits per heavy atom. The molecule has 0 spiro atoms. The molecule has 3 heteroatoms. The minimum Gasteiger partial charge on any atom is -0.457 e.